The maximum absolute atomic E-state index is 13.8. The summed E-state index contributed by atoms with van der Waals surface area (Å²) in [5.74, 6) is 0.00646. The van der Waals surface area contributed by atoms with Gasteiger partial charge >= 0.3 is 0 Å². The van der Waals surface area contributed by atoms with Gasteiger partial charge in [-0.15, -0.1) is 0 Å². The average Bonchev–Trinajstić information content (AvgIpc) is 3.48. The predicted octanol–water partition coefficient (Wildman–Crippen LogP) is 3.44. The Hall–Kier alpha value is -4.19. The highest BCUT2D eigenvalue weighted by molar-refractivity contribution is 6.31. The first kappa shape index (κ1) is 28.8. The Morgan fingerprint density at radius 3 is 2.55 bits per heavy atom. The van der Waals surface area contributed by atoms with Crippen molar-refractivity contribution < 1.29 is 33.6 Å². The highest BCUT2D eigenvalue weighted by atomic mass is 35.5. The van der Waals surface area contributed by atoms with Gasteiger partial charge < -0.3 is 29.7 Å². The molecule has 0 saturated carbocycles. The van der Waals surface area contributed by atoms with Crippen molar-refractivity contribution in [3.8, 4) is 28.5 Å². The number of aliphatic hydroxyl groups excluding tert-OH is 1. The van der Waals surface area contributed by atoms with Gasteiger partial charge in [-0.25, -0.2) is 9.37 Å². The van der Waals surface area contributed by atoms with Crippen LogP contribution in [0.5, 0.6) is 17.2 Å². The van der Waals surface area contributed by atoms with E-state index in [0.717, 1.165) is 0 Å². The van der Waals surface area contributed by atoms with Crippen molar-refractivity contribution >= 4 is 17.5 Å². The molecular weight excluding hydrogens is 543 g/mol. The molecule has 2 aromatic heterocycles. The van der Waals surface area contributed by atoms with Gasteiger partial charge in [0, 0.05) is 23.5 Å². The highest BCUT2D eigenvalue weighted by Crippen LogP contribution is 2.34. The Morgan fingerprint density at radius 1 is 1.10 bits per heavy atom. The molecule has 0 aliphatic rings. The van der Waals surface area contributed by atoms with Crippen molar-refractivity contribution in [2.24, 2.45) is 0 Å². The summed E-state index contributed by atoms with van der Waals surface area (Å²) in [6.45, 7) is -0.376. The maximum Gasteiger partial charge on any atom is 0.251 e. The monoisotopic (exact) mass is 570 g/mol. The molecule has 12 heteroatoms. The van der Waals surface area contributed by atoms with Crippen LogP contribution in [0.3, 0.4) is 0 Å². The van der Waals surface area contributed by atoms with E-state index in [2.05, 4.69) is 15.4 Å². The molecule has 0 fully saturated rings. The van der Waals surface area contributed by atoms with Gasteiger partial charge in [-0.05, 0) is 54.6 Å². The van der Waals surface area contributed by atoms with Crippen molar-refractivity contribution in [2.75, 3.05) is 34.0 Å². The summed E-state index contributed by atoms with van der Waals surface area (Å²) in [6.07, 6.45) is 3.24. The molecule has 1 unspecified atom stereocenters. The van der Waals surface area contributed by atoms with E-state index in [1.807, 2.05) is 0 Å². The number of aromatic nitrogens is 3. The van der Waals surface area contributed by atoms with Gasteiger partial charge in [0.2, 0.25) is 0 Å². The molecule has 0 spiro atoms. The van der Waals surface area contributed by atoms with Crippen molar-refractivity contribution in [1.82, 2.24) is 20.1 Å². The molecule has 0 radical (unpaired) electrons. The lowest BCUT2D eigenvalue weighted by molar-refractivity contribution is 0.0115. The fourth-order valence-electron chi connectivity index (χ4n) is 4.02. The van der Waals surface area contributed by atoms with Gasteiger partial charge in [-0.3, -0.25) is 9.48 Å². The van der Waals surface area contributed by atoms with Crippen molar-refractivity contribution in [3.05, 3.63) is 89.1 Å². The minimum Gasteiger partial charge on any atom is -0.494 e. The largest absolute Gasteiger partial charge is 0.494 e. The smallest absolute Gasteiger partial charge is 0.251 e. The minimum absolute atomic E-state index is 0.0412. The Balaban J connectivity index is 1.65. The molecule has 4 aromatic rings. The Kier molecular flexibility index (Phi) is 9.20. The molecule has 2 heterocycles. The lowest BCUT2D eigenvalue weighted by atomic mass is 9.97. The van der Waals surface area contributed by atoms with Crippen LogP contribution in [0.4, 0.5) is 4.39 Å². The first-order valence-electron chi connectivity index (χ1n) is 12.2. The van der Waals surface area contributed by atoms with E-state index in [1.165, 1.54) is 43.2 Å². The SMILES string of the molecule is COc1cc(C(=O)NCC(O)(Cn2cccn2)c2ccc(OC)c(-c3ccc(F)c(Cl)c3)n2)ccc1OCCO. The number of hydrogen-bond donors (Lipinski definition) is 3. The van der Waals surface area contributed by atoms with Gasteiger partial charge in [0.1, 0.15) is 29.5 Å². The van der Waals surface area contributed by atoms with Gasteiger partial charge in [0.05, 0.1) is 44.6 Å². The van der Waals surface area contributed by atoms with Crippen LogP contribution in [0.1, 0.15) is 16.1 Å². The van der Waals surface area contributed by atoms with Gasteiger partial charge in [0.25, 0.3) is 5.91 Å². The van der Waals surface area contributed by atoms with E-state index in [9.17, 15) is 14.3 Å². The van der Waals surface area contributed by atoms with Crippen LogP contribution >= 0.6 is 11.6 Å². The number of rotatable bonds is 12. The summed E-state index contributed by atoms with van der Waals surface area (Å²) >= 11 is 6.00. The summed E-state index contributed by atoms with van der Waals surface area (Å²) in [6, 6.07) is 13.7. The summed E-state index contributed by atoms with van der Waals surface area (Å²) < 4.78 is 31.5. The molecule has 0 saturated heterocycles. The number of halogens is 2. The van der Waals surface area contributed by atoms with E-state index in [0.29, 0.717) is 28.5 Å². The number of nitrogens with one attached hydrogen (secondary N) is 1. The molecular formula is C28H28ClFN4O6. The second-order valence-corrected chi connectivity index (χ2v) is 9.14. The summed E-state index contributed by atoms with van der Waals surface area (Å²) in [5, 5.41) is 27.8. The van der Waals surface area contributed by atoms with E-state index >= 15 is 0 Å². The lowest BCUT2D eigenvalue weighted by Gasteiger charge is -2.29. The van der Waals surface area contributed by atoms with Crippen LogP contribution in [-0.2, 0) is 12.1 Å². The summed E-state index contributed by atoms with van der Waals surface area (Å²) in [5.41, 5.74) is -0.439. The van der Waals surface area contributed by atoms with E-state index in [4.69, 9.17) is 30.9 Å². The third kappa shape index (κ3) is 6.50. The Labute approximate surface area is 234 Å². The number of nitrogens with zero attached hydrogens (tertiary/aromatic N) is 3. The fourth-order valence-corrected chi connectivity index (χ4v) is 4.20. The first-order valence-corrected chi connectivity index (χ1v) is 12.6. The number of carbonyl (C=O) groups is 1. The molecule has 40 heavy (non-hydrogen) atoms. The zero-order chi connectivity index (χ0) is 28.7. The highest BCUT2D eigenvalue weighted by Gasteiger charge is 2.34. The number of ether oxygens (including phenoxy) is 3. The number of amides is 1. The van der Waals surface area contributed by atoms with Gasteiger partial charge in [-0.2, -0.15) is 5.10 Å². The third-order valence-electron chi connectivity index (χ3n) is 6.05. The van der Waals surface area contributed by atoms with Crippen LogP contribution in [0.15, 0.2) is 67.0 Å². The molecule has 1 amide bonds. The molecule has 2 aromatic carbocycles. The number of aliphatic hydroxyl groups is 2. The van der Waals surface area contributed by atoms with Crippen LogP contribution in [0.25, 0.3) is 11.3 Å². The summed E-state index contributed by atoms with van der Waals surface area (Å²) in [7, 11) is 2.91. The molecule has 1 atom stereocenters. The zero-order valence-corrected chi connectivity index (χ0v) is 22.6. The molecule has 210 valence electrons. The van der Waals surface area contributed by atoms with Crippen LogP contribution in [-0.4, -0.2) is 64.9 Å². The molecule has 0 aliphatic carbocycles. The van der Waals surface area contributed by atoms with Gasteiger partial charge in [-0.1, -0.05) is 11.6 Å². The topological polar surface area (TPSA) is 128 Å². The third-order valence-corrected chi connectivity index (χ3v) is 6.34. The van der Waals surface area contributed by atoms with Crippen LogP contribution < -0.4 is 19.5 Å². The minimum atomic E-state index is -1.72. The Bertz CT molecular complexity index is 1470. The number of carbonyl (C=O) groups excluding carboxylic acids is 1. The second kappa shape index (κ2) is 12.8. The summed E-state index contributed by atoms with van der Waals surface area (Å²) in [4.78, 5) is 17.8. The predicted molar refractivity (Wildman–Crippen MR) is 145 cm³/mol. The molecule has 3 N–H and O–H groups in total. The quantitative estimate of drug-likeness (QED) is 0.236. The standard InChI is InChI=1S/C28H28ClFN4O6/c1-38-23-8-9-25(33-26(23)18-4-6-21(30)20(29)14-18)28(37,17-34-11-3-10-32-34)16-31-27(36)19-5-7-22(40-13-12-35)24(15-19)39-2/h3-11,14-15,35,37H,12-13,16-17H2,1-2H3,(H,31,36). The van der Waals surface area contributed by atoms with E-state index < -0.39 is 17.3 Å². The molecule has 0 aliphatic heterocycles. The normalized spacial score (nSPS) is 12.4. The number of hydrogen-bond acceptors (Lipinski definition) is 8. The van der Waals surface area contributed by atoms with Crippen molar-refractivity contribution in [1.29, 1.82) is 0 Å². The van der Waals surface area contributed by atoms with Crippen LogP contribution in [0, 0.1) is 5.82 Å². The fraction of sp³-hybridized carbons (Fsp3) is 0.250. The molecule has 10 nitrogen and oxygen atoms in total. The number of methoxy groups -OCH3 is 2. The van der Waals surface area contributed by atoms with Crippen LogP contribution in [0.2, 0.25) is 5.02 Å². The lowest BCUT2D eigenvalue weighted by Crippen LogP contribution is -2.44. The van der Waals surface area contributed by atoms with Crippen molar-refractivity contribution in [2.45, 2.75) is 12.1 Å². The average molecular weight is 571 g/mol. The molecule has 0 bridgehead atoms. The second-order valence-electron chi connectivity index (χ2n) is 8.73. The van der Waals surface area contributed by atoms with E-state index in [-0.39, 0.29) is 42.6 Å². The number of benzene rings is 2. The Morgan fingerprint density at radius 2 is 1.88 bits per heavy atom. The maximum atomic E-state index is 13.8. The van der Waals surface area contributed by atoms with Gasteiger partial charge in [0.15, 0.2) is 11.5 Å². The van der Waals surface area contributed by atoms with E-state index in [1.54, 1.807) is 42.7 Å². The first-order chi connectivity index (χ1) is 19.3. The van der Waals surface area contributed by atoms with Crippen molar-refractivity contribution in [3.63, 3.8) is 0 Å². The zero-order valence-electron chi connectivity index (χ0n) is 21.8. The molecule has 4 rings (SSSR count). The number of pyridine rings is 1.